The van der Waals surface area contributed by atoms with E-state index in [1.165, 1.54) is 18.3 Å². The number of nitrogens with zero attached hydrogens (tertiary/aromatic N) is 2. The van der Waals surface area contributed by atoms with Crippen molar-refractivity contribution in [1.29, 1.82) is 0 Å². The average Bonchev–Trinajstić information content (AvgIpc) is 3.18. The molecule has 1 N–H and O–H groups in total. The molecule has 0 atom stereocenters. The van der Waals surface area contributed by atoms with Gasteiger partial charge in [-0.25, -0.2) is 13.4 Å². The van der Waals surface area contributed by atoms with E-state index in [1.807, 2.05) is 0 Å². The summed E-state index contributed by atoms with van der Waals surface area (Å²) in [6.45, 7) is 1.24. The van der Waals surface area contributed by atoms with Crippen molar-refractivity contribution in [2.75, 3.05) is 18.4 Å². The number of thiazole rings is 1. The SMILES string of the molecule is CC(=O)Nc1nc(COC(=O)C2CCN(S(=O)(=O)c3cccc(C(F)(F)F)c3)CC2)cs1. The molecule has 0 radical (unpaired) electrons. The van der Waals surface area contributed by atoms with Crippen LogP contribution in [-0.2, 0) is 37.1 Å². The van der Waals surface area contributed by atoms with Crippen LogP contribution in [0, 0.1) is 5.92 Å². The van der Waals surface area contributed by atoms with Gasteiger partial charge in [-0.1, -0.05) is 6.07 Å². The number of ether oxygens (including phenoxy) is 1. The summed E-state index contributed by atoms with van der Waals surface area (Å²) in [7, 11) is -4.12. The average molecular weight is 492 g/mol. The topological polar surface area (TPSA) is 106 Å². The maximum atomic E-state index is 12.9. The first-order valence-corrected chi connectivity index (χ1v) is 11.8. The van der Waals surface area contributed by atoms with E-state index in [4.69, 9.17) is 4.74 Å². The van der Waals surface area contributed by atoms with Crippen LogP contribution in [0.25, 0.3) is 0 Å². The number of rotatable bonds is 6. The maximum Gasteiger partial charge on any atom is 0.416 e. The zero-order valence-corrected chi connectivity index (χ0v) is 18.5. The number of sulfonamides is 1. The van der Waals surface area contributed by atoms with Crippen LogP contribution in [0.15, 0.2) is 34.5 Å². The Morgan fingerprint density at radius 2 is 1.97 bits per heavy atom. The summed E-state index contributed by atoms with van der Waals surface area (Å²) < 4.78 is 70.5. The van der Waals surface area contributed by atoms with E-state index in [0.29, 0.717) is 16.9 Å². The highest BCUT2D eigenvalue weighted by atomic mass is 32.2. The Labute approximate surface area is 186 Å². The first-order chi connectivity index (χ1) is 15.0. The second-order valence-corrected chi connectivity index (χ2v) is 9.93. The molecule has 1 fully saturated rings. The predicted octanol–water partition coefficient (Wildman–Crippen LogP) is 3.26. The molecule has 1 aliphatic heterocycles. The van der Waals surface area contributed by atoms with E-state index in [0.717, 1.165) is 22.5 Å². The number of halogens is 3. The lowest BCUT2D eigenvalue weighted by atomic mass is 9.98. The van der Waals surface area contributed by atoms with E-state index in [2.05, 4.69) is 10.3 Å². The fraction of sp³-hybridized carbons (Fsp3) is 0.421. The van der Waals surface area contributed by atoms with Gasteiger partial charge >= 0.3 is 12.1 Å². The van der Waals surface area contributed by atoms with Gasteiger partial charge in [0.1, 0.15) is 6.61 Å². The molecular weight excluding hydrogens is 471 g/mol. The number of esters is 1. The fourth-order valence-electron chi connectivity index (χ4n) is 3.16. The number of aromatic nitrogens is 1. The van der Waals surface area contributed by atoms with Gasteiger partial charge in [0.15, 0.2) is 5.13 Å². The second-order valence-electron chi connectivity index (χ2n) is 7.14. The lowest BCUT2D eigenvalue weighted by Gasteiger charge is -2.30. The highest BCUT2D eigenvalue weighted by Gasteiger charge is 2.35. The normalized spacial score (nSPS) is 16.0. The minimum Gasteiger partial charge on any atom is -0.459 e. The molecular formula is C19H20F3N3O5S2. The largest absolute Gasteiger partial charge is 0.459 e. The van der Waals surface area contributed by atoms with Crippen molar-refractivity contribution in [1.82, 2.24) is 9.29 Å². The number of alkyl halides is 3. The molecule has 0 spiro atoms. The molecule has 2 heterocycles. The number of carbonyl (C=O) groups is 2. The van der Waals surface area contributed by atoms with Crippen LogP contribution in [-0.4, -0.2) is 42.7 Å². The van der Waals surface area contributed by atoms with Crippen LogP contribution in [0.1, 0.15) is 31.0 Å². The van der Waals surface area contributed by atoms with Crippen LogP contribution in [0.3, 0.4) is 0 Å². The Balaban J connectivity index is 1.55. The number of amides is 1. The molecule has 0 saturated carbocycles. The molecule has 1 aromatic carbocycles. The van der Waals surface area contributed by atoms with Crippen molar-refractivity contribution in [3.63, 3.8) is 0 Å². The Morgan fingerprint density at radius 1 is 1.28 bits per heavy atom. The van der Waals surface area contributed by atoms with Crippen LogP contribution in [0.4, 0.5) is 18.3 Å². The Hall–Kier alpha value is -2.51. The zero-order chi connectivity index (χ0) is 23.5. The highest BCUT2D eigenvalue weighted by Crippen LogP contribution is 2.32. The summed E-state index contributed by atoms with van der Waals surface area (Å²) in [4.78, 5) is 27.0. The Morgan fingerprint density at radius 3 is 2.59 bits per heavy atom. The lowest BCUT2D eigenvalue weighted by Crippen LogP contribution is -2.40. The number of nitrogens with one attached hydrogen (secondary N) is 1. The second kappa shape index (κ2) is 9.55. The third kappa shape index (κ3) is 5.84. The van der Waals surface area contributed by atoms with Gasteiger partial charge in [-0.15, -0.1) is 11.3 Å². The van der Waals surface area contributed by atoms with Gasteiger partial charge in [-0.2, -0.15) is 17.5 Å². The Bertz CT molecular complexity index is 1090. The molecule has 0 bridgehead atoms. The number of hydrogen-bond donors (Lipinski definition) is 1. The number of carbonyl (C=O) groups excluding carboxylic acids is 2. The standard InChI is InChI=1S/C19H20F3N3O5S2/c1-12(26)23-18-24-15(11-31-18)10-30-17(27)13-5-7-25(8-6-13)32(28,29)16-4-2-3-14(9-16)19(20,21)22/h2-4,9,11,13H,5-8,10H2,1H3,(H,23,24,26). The molecule has 0 aliphatic carbocycles. The summed E-state index contributed by atoms with van der Waals surface area (Å²) in [6, 6.07) is 3.59. The predicted molar refractivity (Wildman–Crippen MR) is 109 cm³/mol. The molecule has 1 aliphatic rings. The molecule has 1 saturated heterocycles. The van der Waals surface area contributed by atoms with Crippen molar-refractivity contribution in [3.8, 4) is 0 Å². The first kappa shape index (κ1) is 24.1. The minimum atomic E-state index is -4.65. The van der Waals surface area contributed by atoms with Crippen LogP contribution >= 0.6 is 11.3 Å². The van der Waals surface area contributed by atoms with Crippen molar-refractivity contribution < 1.29 is 35.9 Å². The molecule has 0 unspecified atom stereocenters. The minimum absolute atomic E-state index is 0.0122. The van der Waals surface area contributed by atoms with Gasteiger partial charge < -0.3 is 10.1 Å². The smallest absolute Gasteiger partial charge is 0.416 e. The number of anilines is 1. The first-order valence-electron chi connectivity index (χ1n) is 9.53. The molecule has 13 heteroatoms. The molecule has 2 aromatic rings. The third-order valence-electron chi connectivity index (χ3n) is 4.78. The maximum absolute atomic E-state index is 12.9. The third-order valence-corrected chi connectivity index (χ3v) is 7.48. The summed E-state index contributed by atoms with van der Waals surface area (Å²) in [6.07, 6.45) is -4.28. The number of hydrogen-bond acceptors (Lipinski definition) is 7. The molecule has 3 rings (SSSR count). The monoisotopic (exact) mass is 491 g/mol. The van der Waals surface area contributed by atoms with Gasteiger partial charge in [-0.3, -0.25) is 9.59 Å². The molecule has 1 amide bonds. The summed E-state index contributed by atoms with van der Waals surface area (Å²) in [5.74, 6) is -1.30. The number of benzene rings is 1. The van der Waals surface area contributed by atoms with E-state index >= 15 is 0 Å². The fourth-order valence-corrected chi connectivity index (χ4v) is 5.42. The zero-order valence-electron chi connectivity index (χ0n) is 16.9. The van der Waals surface area contributed by atoms with Crippen molar-refractivity contribution in [2.45, 2.75) is 37.4 Å². The van der Waals surface area contributed by atoms with Gasteiger partial charge in [0, 0.05) is 25.4 Å². The van der Waals surface area contributed by atoms with Crippen LogP contribution in [0.5, 0.6) is 0 Å². The van der Waals surface area contributed by atoms with Gasteiger partial charge in [-0.05, 0) is 31.0 Å². The molecule has 174 valence electrons. The van der Waals surface area contributed by atoms with Crippen molar-refractivity contribution in [3.05, 3.63) is 40.9 Å². The number of piperidine rings is 1. The quantitative estimate of drug-likeness (QED) is 0.622. The van der Waals surface area contributed by atoms with Gasteiger partial charge in [0.2, 0.25) is 15.9 Å². The van der Waals surface area contributed by atoms with E-state index in [1.54, 1.807) is 5.38 Å². The van der Waals surface area contributed by atoms with Crippen molar-refractivity contribution in [2.24, 2.45) is 5.92 Å². The Kier molecular flexibility index (Phi) is 7.20. The molecule has 1 aromatic heterocycles. The lowest BCUT2D eigenvalue weighted by molar-refractivity contribution is -0.151. The van der Waals surface area contributed by atoms with Crippen molar-refractivity contribution >= 4 is 38.4 Å². The highest BCUT2D eigenvalue weighted by molar-refractivity contribution is 7.89. The summed E-state index contributed by atoms with van der Waals surface area (Å²) in [5.41, 5.74) is -0.572. The van der Waals surface area contributed by atoms with Gasteiger partial charge in [0.25, 0.3) is 0 Å². The van der Waals surface area contributed by atoms with Gasteiger partial charge in [0.05, 0.1) is 22.1 Å². The van der Waals surface area contributed by atoms with E-state index in [9.17, 15) is 31.2 Å². The molecule has 32 heavy (non-hydrogen) atoms. The van der Waals surface area contributed by atoms with E-state index < -0.39 is 38.5 Å². The van der Waals surface area contributed by atoms with E-state index in [-0.39, 0.29) is 38.4 Å². The summed E-state index contributed by atoms with van der Waals surface area (Å²) in [5, 5.41) is 4.55. The van der Waals surface area contributed by atoms with Crippen LogP contribution in [0.2, 0.25) is 0 Å². The summed E-state index contributed by atoms with van der Waals surface area (Å²) >= 11 is 1.19. The van der Waals surface area contributed by atoms with Crippen LogP contribution < -0.4 is 5.32 Å². The molecule has 8 nitrogen and oxygen atoms in total.